The number of likely N-dealkylation sites (tertiary alicyclic amines) is 1. The number of piperidine rings is 1. The monoisotopic (exact) mass is 456 g/mol. The van der Waals surface area contributed by atoms with Crippen molar-refractivity contribution in [2.24, 2.45) is 0 Å². The lowest BCUT2D eigenvalue weighted by Crippen LogP contribution is -2.49. The van der Waals surface area contributed by atoms with E-state index in [4.69, 9.17) is 9.47 Å². The SMILES string of the molecule is C=C1OCc2c1ccc(CCN1CCC3(CC1)C(=O)N(C1=CC(=O)OC1)c1ccccc13)c2C. The zero-order valence-electron chi connectivity index (χ0n) is 19.4. The Morgan fingerprint density at radius 3 is 2.59 bits per heavy atom. The highest BCUT2D eigenvalue weighted by atomic mass is 16.5. The van der Waals surface area contributed by atoms with Gasteiger partial charge in [-0.2, -0.15) is 0 Å². The van der Waals surface area contributed by atoms with Gasteiger partial charge in [-0.05, 0) is 62.0 Å². The van der Waals surface area contributed by atoms with Crippen LogP contribution in [0.5, 0.6) is 0 Å². The Bertz CT molecular complexity index is 1250. The topological polar surface area (TPSA) is 59.1 Å². The predicted molar refractivity (Wildman–Crippen MR) is 129 cm³/mol. The fraction of sp³-hybridized carbons (Fsp3) is 0.357. The van der Waals surface area contributed by atoms with E-state index in [1.165, 1.54) is 22.8 Å². The van der Waals surface area contributed by atoms with Gasteiger partial charge in [-0.25, -0.2) is 4.79 Å². The van der Waals surface area contributed by atoms with E-state index >= 15 is 0 Å². The molecule has 0 saturated carbocycles. The fourth-order valence-corrected chi connectivity index (χ4v) is 5.97. The van der Waals surface area contributed by atoms with Crippen LogP contribution in [0.25, 0.3) is 5.76 Å². The first kappa shape index (κ1) is 21.2. The third kappa shape index (κ3) is 3.12. The number of carbonyl (C=O) groups is 2. The van der Waals surface area contributed by atoms with E-state index in [0.29, 0.717) is 12.3 Å². The van der Waals surface area contributed by atoms with Crippen LogP contribution in [-0.4, -0.2) is 43.0 Å². The van der Waals surface area contributed by atoms with Crippen molar-refractivity contribution in [1.82, 2.24) is 4.90 Å². The van der Waals surface area contributed by atoms with Gasteiger partial charge in [0.1, 0.15) is 19.0 Å². The number of cyclic esters (lactones) is 1. The molecule has 6 rings (SSSR count). The largest absolute Gasteiger partial charge is 0.489 e. The molecule has 6 nitrogen and oxygen atoms in total. The van der Waals surface area contributed by atoms with Crippen molar-refractivity contribution in [1.29, 1.82) is 0 Å². The van der Waals surface area contributed by atoms with Gasteiger partial charge < -0.3 is 14.4 Å². The summed E-state index contributed by atoms with van der Waals surface area (Å²) >= 11 is 0. The smallest absolute Gasteiger partial charge is 0.333 e. The van der Waals surface area contributed by atoms with Crippen molar-refractivity contribution in [3.63, 3.8) is 0 Å². The fourth-order valence-electron chi connectivity index (χ4n) is 5.97. The Kier molecular flexibility index (Phi) is 4.88. The van der Waals surface area contributed by atoms with Crippen molar-refractivity contribution in [3.05, 3.63) is 82.6 Å². The highest BCUT2D eigenvalue weighted by molar-refractivity contribution is 6.11. The molecule has 0 unspecified atom stereocenters. The van der Waals surface area contributed by atoms with Gasteiger partial charge in [-0.15, -0.1) is 0 Å². The highest BCUT2D eigenvalue weighted by Gasteiger charge is 2.53. The minimum atomic E-state index is -0.527. The van der Waals surface area contributed by atoms with E-state index < -0.39 is 5.41 Å². The van der Waals surface area contributed by atoms with Crippen LogP contribution in [-0.2, 0) is 37.5 Å². The molecule has 6 heteroatoms. The third-order valence-corrected chi connectivity index (χ3v) is 8.02. The van der Waals surface area contributed by atoms with Crippen molar-refractivity contribution < 1.29 is 19.1 Å². The lowest BCUT2D eigenvalue weighted by molar-refractivity contribution is -0.135. The van der Waals surface area contributed by atoms with Crippen molar-refractivity contribution in [3.8, 4) is 0 Å². The standard InChI is InChI=1S/C28H28N2O4/c1-18-20(7-8-22-19(2)33-17-23(18)22)9-12-29-13-10-28(11-14-29)24-5-3-4-6-25(24)30(27(28)32)21-15-26(31)34-16-21/h3-8,15H,2,9-14,16-17H2,1H3. The summed E-state index contributed by atoms with van der Waals surface area (Å²) in [4.78, 5) is 29.6. The lowest BCUT2D eigenvalue weighted by Gasteiger charge is -2.38. The number of ether oxygens (including phenoxy) is 2. The first-order valence-corrected chi connectivity index (χ1v) is 12.0. The average molecular weight is 457 g/mol. The van der Waals surface area contributed by atoms with Crippen LogP contribution in [0, 0.1) is 6.92 Å². The number of hydrogen-bond acceptors (Lipinski definition) is 5. The Hall–Kier alpha value is -3.38. The maximum absolute atomic E-state index is 13.8. The first-order chi connectivity index (χ1) is 16.5. The van der Waals surface area contributed by atoms with E-state index in [9.17, 15) is 9.59 Å². The quantitative estimate of drug-likeness (QED) is 0.654. The summed E-state index contributed by atoms with van der Waals surface area (Å²) in [5.41, 5.74) is 7.13. The molecule has 0 bridgehead atoms. The summed E-state index contributed by atoms with van der Waals surface area (Å²) in [6, 6.07) is 12.3. The van der Waals surface area contributed by atoms with E-state index in [2.05, 4.69) is 36.6 Å². The van der Waals surface area contributed by atoms with E-state index in [0.717, 1.165) is 61.5 Å². The molecule has 1 fully saturated rings. The minimum Gasteiger partial charge on any atom is -0.489 e. The average Bonchev–Trinajstić information content (AvgIpc) is 3.51. The van der Waals surface area contributed by atoms with Gasteiger partial charge in [0.2, 0.25) is 5.91 Å². The predicted octanol–water partition coefficient (Wildman–Crippen LogP) is 3.86. The zero-order chi connectivity index (χ0) is 23.4. The summed E-state index contributed by atoms with van der Waals surface area (Å²) in [6.07, 6.45) is 3.97. The Labute approximate surface area is 199 Å². The first-order valence-electron chi connectivity index (χ1n) is 12.0. The maximum atomic E-state index is 13.8. The maximum Gasteiger partial charge on any atom is 0.333 e. The lowest BCUT2D eigenvalue weighted by atomic mass is 9.73. The summed E-state index contributed by atoms with van der Waals surface area (Å²) in [5.74, 6) is 0.465. The molecule has 4 heterocycles. The molecule has 4 aliphatic rings. The van der Waals surface area contributed by atoms with Gasteiger partial charge in [0.05, 0.1) is 16.8 Å². The summed E-state index contributed by atoms with van der Waals surface area (Å²) in [7, 11) is 0. The van der Waals surface area contributed by atoms with Gasteiger partial charge in [-0.3, -0.25) is 9.69 Å². The van der Waals surface area contributed by atoms with Crippen molar-refractivity contribution in [2.45, 2.75) is 38.2 Å². The van der Waals surface area contributed by atoms with E-state index in [1.54, 1.807) is 4.90 Å². The van der Waals surface area contributed by atoms with E-state index in [-0.39, 0.29) is 18.5 Å². The molecule has 2 aromatic carbocycles. The van der Waals surface area contributed by atoms with Gasteiger partial charge >= 0.3 is 5.97 Å². The van der Waals surface area contributed by atoms with E-state index in [1.807, 2.05) is 18.2 Å². The van der Waals surface area contributed by atoms with Crippen molar-refractivity contribution >= 4 is 23.3 Å². The molecule has 1 amide bonds. The van der Waals surface area contributed by atoms with Gasteiger partial charge in [-0.1, -0.05) is 36.9 Å². The number of esters is 1. The Balaban J connectivity index is 1.18. The molecule has 174 valence electrons. The van der Waals surface area contributed by atoms with Crippen LogP contribution in [0.4, 0.5) is 5.69 Å². The van der Waals surface area contributed by atoms with Crippen LogP contribution in [0.3, 0.4) is 0 Å². The van der Waals surface area contributed by atoms with Crippen molar-refractivity contribution in [2.75, 3.05) is 31.1 Å². The number of hydrogen-bond donors (Lipinski definition) is 0. The number of benzene rings is 2. The molecule has 2 aromatic rings. The molecule has 0 aliphatic carbocycles. The van der Waals surface area contributed by atoms with Crippen LogP contribution >= 0.6 is 0 Å². The minimum absolute atomic E-state index is 0.0765. The van der Waals surface area contributed by atoms with Crippen LogP contribution in [0.2, 0.25) is 0 Å². The zero-order valence-corrected chi connectivity index (χ0v) is 19.4. The van der Waals surface area contributed by atoms with Gasteiger partial charge in [0.25, 0.3) is 0 Å². The molecule has 0 aromatic heterocycles. The number of para-hydroxylation sites is 1. The molecule has 4 aliphatic heterocycles. The molecule has 34 heavy (non-hydrogen) atoms. The molecule has 0 radical (unpaired) electrons. The summed E-state index contributed by atoms with van der Waals surface area (Å²) < 4.78 is 10.7. The van der Waals surface area contributed by atoms with Gasteiger partial charge in [0, 0.05) is 23.7 Å². The Morgan fingerprint density at radius 1 is 1.03 bits per heavy atom. The summed E-state index contributed by atoms with van der Waals surface area (Å²) in [5, 5.41) is 0. The second-order valence-electron chi connectivity index (χ2n) is 9.66. The number of fused-ring (bicyclic) bond motifs is 3. The molecular formula is C28H28N2O4. The van der Waals surface area contributed by atoms with Crippen LogP contribution < -0.4 is 4.90 Å². The normalized spacial score (nSPS) is 20.9. The number of amides is 1. The van der Waals surface area contributed by atoms with Gasteiger partial charge in [0.15, 0.2) is 0 Å². The number of carbonyl (C=O) groups excluding carboxylic acids is 2. The number of rotatable bonds is 4. The molecular weight excluding hydrogens is 428 g/mol. The second-order valence-corrected chi connectivity index (χ2v) is 9.66. The second kappa shape index (κ2) is 7.84. The van der Waals surface area contributed by atoms with Crippen LogP contribution in [0.1, 0.15) is 40.7 Å². The summed E-state index contributed by atoms with van der Waals surface area (Å²) in [6.45, 7) is 9.63. The molecule has 1 saturated heterocycles. The molecule has 0 N–H and O–H groups in total. The Morgan fingerprint density at radius 2 is 1.82 bits per heavy atom. The van der Waals surface area contributed by atoms with Crippen LogP contribution in [0.15, 0.2) is 54.8 Å². The number of anilines is 1. The molecule has 0 atom stereocenters. The molecule has 1 spiro atoms. The highest BCUT2D eigenvalue weighted by Crippen LogP contribution is 2.49. The third-order valence-electron chi connectivity index (χ3n) is 8.02. The number of nitrogens with zero attached hydrogens (tertiary/aromatic N) is 2.